The summed E-state index contributed by atoms with van der Waals surface area (Å²) in [5.74, 6) is 0.141. The van der Waals surface area contributed by atoms with Crippen molar-refractivity contribution in [2.45, 2.75) is 32.7 Å². The van der Waals surface area contributed by atoms with Gasteiger partial charge in [0.25, 0.3) is 0 Å². The second kappa shape index (κ2) is 8.68. The molecule has 0 aromatic heterocycles. The smallest absolute Gasteiger partial charge is 0.221 e. The van der Waals surface area contributed by atoms with Crippen LogP contribution in [0.4, 0.5) is 0 Å². The van der Waals surface area contributed by atoms with E-state index in [1.165, 1.54) is 0 Å². The molecule has 0 heterocycles. The van der Waals surface area contributed by atoms with Crippen molar-refractivity contribution in [3.05, 3.63) is 0 Å². The van der Waals surface area contributed by atoms with Crippen LogP contribution in [0.2, 0.25) is 0 Å². The highest BCUT2D eigenvalue weighted by molar-refractivity contribution is 5.76. The molecule has 0 bridgehead atoms. The summed E-state index contributed by atoms with van der Waals surface area (Å²) < 4.78 is 0. The van der Waals surface area contributed by atoms with E-state index in [1.54, 1.807) is 0 Å². The summed E-state index contributed by atoms with van der Waals surface area (Å²) in [6.45, 7) is 6.78. The Morgan fingerprint density at radius 3 is 2.60 bits per heavy atom. The first-order chi connectivity index (χ1) is 7.06. The molecule has 90 valence electrons. The maximum atomic E-state index is 11.4. The van der Waals surface area contributed by atoms with Crippen LogP contribution in [0.3, 0.4) is 0 Å². The van der Waals surface area contributed by atoms with Crippen molar-refractivity contribution in [1.29, 1.82) is 0 Å². The van der Waals surface area contributed by atoms with Crippen LogP contribution in [0.25, 0.3) is 0 Å². The Balaban J connectivity index is 3.40. The fraction of sp³-hybridized carbons (Fsp3) is 0.909. The minimum absolute atomic E-state index is 0.141. The van der Waals surface area contributed by atoms with Gasteiger partial charge in [0.2, 0.25) is 5.91 Å². The molecule has 2 N–H and O–H groups in total. The zero-order chi connectivity index (χ0) is 11.7. The highest BCUT2D eigenvalue weighted by atomic mass is 16.1. The Hall–Kier alpha value is -0.610. The number of amides is 1. The van der Waals surface area contributed by atoms with E-state index in [0.29, 0.717) is 6.42 Å². The zero-order valence-corrected chi connectivity index (χ0v) is 10.5. The first-order valence-corrected chi connectivity index (χ1v) is 5.71. The summed E-state index contributed by atoms with van der Waals surface area (Å²) in [5, 5.41) is 6.14. The Morgan fingerprint density at radius 1 is 1.40 bits per heavy atom. The van der Waals surface area contributed by atoms with Crippen LogP contribution in [-0.2, 0) is 4.79 Å². The van der Waals surface area contributed by atoms with Gasteiger partial charge in [0.15, 0.2) is 0 Å². The second-order valence-corrected chi connectivity index (χ2v) is 4.17. The minimum Gasteiger partial charge on any atom is -0.356 e. The molecule has 0 aliphatic heterocycles. The largest absolute Gasteiger partial charge is 0.356 e. The van der Waals surface area contributed by atoms with E-state index < -0.39 is 0 Å². The van der Waals surface area contributed by atoms with Gasteiger partial charge in [0, 0.05) is 19.0 Å². The van der Waals surface area contributed by atoms with Gasteiger partial charge in [-0.25, -0.2) is 0 Å². The predicted molar refractivity (Wildman–Crippen MR) is 63.9 cm³/mol. The molecule has 0 aromatic carbocycles. The van der Waals surface area contributed by atoms with E-state index in [1.807, 2.05) is 27.9 Å². The molecule has 1 atom stereocenters. The summed E-state index contributed by atoms with van der Waals surface area (Å²) >= 11 is 0. The van der Waals surface area contributed by atoms with Crippen LogP contribution in [0.5, 0.6) is 0 Å². The van der Waals surface area contributed by atoms with Crippen LogP contribution in [-0.4, -0.2) is 50.6 Å². The fourth-order valence-corrected chi connectivity index (χ4v) is 1.39. The normalized spacial score (nSPS) is 12.9. The van der Waals surface area contributed by atoms with Gasteiger partial charge in [-0.15, -0.1) is 0 Å². The van der Waals surface area contributed by atoms with Crippen LogP contribution < -0.4 is 10.6 Å². The van der Waals surface area contributed by atoms with Crippen molar-refractivity contribution in [3.8, 4) is 0 Å². The number of nitrogens with zero attached hydrogens (tertiary/aromatic N) is 1. The van der Waals surface area contributed by atoms with Crippen molar-refractivity contribution in [2.24, 2.45) is 0 Å². The van der Waals surface area contributed by atoms with E-state index in [2.05, 4.69) is 15.5 Å². The van der Waals surface area contributed by atoms with Gasteiger partial charge in [-0.05, 0) is 40.5 Å². The van der Waals surface area contributed by atoms with E-state index >= 15 is 0 Å². The third kappa shape index (κ3) is 9.69. The average molecular weight is 215 g/mol. The molecule has 1 unspecified atom stereocenters. The zero-order valence-electron chi connectivity index (χ0n) is 10.5. The van der Waals surface area contributed by atoms with Crippen molar-refractivity contribution >= 4 is 5.91 Å². The molecule has 0 aliphatic rings. The minimum atomic E-state index is 0.141. The molecule has 15 heavy (non-hydrogen) atoms. The molecular weight excluding hydrogens is 190 g/mol. The van der Waals surface area contributed by atoms with Crippen LogP contribution in [0.1, 0.15) is 26.7 Å². The molecule has 0 saturated carbocycles. The lowest BCUT2D eigenvalue weighted by atomic mass is 10.2. The Labute approximate surface area is 93.4 Å². The maximum Gasteiger partial charge on any atom is 0.221 e. The average Bonchev–Trinajstić information content (AvgIpc) is 2.12. The van der Waals surface area contributed by atoms with Crippen LogP contribution >= 0.6 is 0 Å². The highest BCUT2D eigenvalue weighted by Gasteiger charge is 2.06. The number of hydrogen-bond acceptors (Lipinski definition) is 3. The quantitative estimate of drug-likeness (QED) is 0.578. The van der Waals surface area contributed by atoms with E-state index in [4.69, 9.17) is 0 Å². The Bertz CT molecular complexity index is 171. The van der Waals surface area contributed by atoms with Crippen molar-refractivity contribution < 1.29 is 4.79 Å². The fourth-order valence-electron chi connectivity index (χ4n) is 1.39. The number of hydrogen-bond donors (Lipinski definition) is 2. The molecule has 0 aromatic rings. The summed E-state index contributed by atoms with van der Waals surface area (Å²) in [5.41, 5.74) is 0. The number of nitrogens with one attached hydrogen (secondary N) is 2. The highest BCUT2D eigenvalue weighted by Crippen LogP contribution is 1.90. The van der Waals surface area contributed by atoms with Gasteiger partial charge in [-0.1, -0.05) is 6.92 Å². The van der Waals surface area contributed by atoms with Gasteiger partial charge in [0.1, 0.15) is 0 Å². The van der Waals surface area contributed by atoms with Crippen LogP contribution in [0, 0.1) is 0 Å². The topological polar surface area (TPSA) is 44.4 Å². The van der Waals surface area contributed by atoms with Crippen LogP contribution in [0.15, 0.2) is 0 Å². The number of carbonyl (C=O) groups excluding carboxylic acids is 1. The van der Waals surface area contributed by atoms with E-state index in [-0.39, 0.29) is 11.9 Å². The first-order valence-electron chi connectivity index (χ1n) is 5.71. The predicted octanol–water partition coefficient (Wildman–Crippen LogP) is 0.442. The lowest BCUT2D eigenvalue weighted by Gasteiger charge is -2.13. The molecule has 0 saturated heterocycles. The number of carbonyl (C=O) groups is 1. The van der Waals surface area contributed by atoms with Gasteiger partial charge in [0.05, 0.1) is 0 Å². The van der Waals surface area contributed by atoms with Crippen molar-refractivity contribution in [1.82, 2.24) is 15.5 Å². The van der Waals surface area contributed by atoms with Gasteiger partial charge < -0.3 is 15.5 Å². The lowest BCUT2D eigenvalue weighted by Crippen LogP contribution is -2.34. The monoisotopic (exact) mass is 215 g/mol. The number of rotatable bonds is 8. The second-order valence-electron chi connectivity index (χ2n) is 4.17. The van der Waals surface area contributed by atoms with Crippen molar-refractivity contribution in [3.63, 3.8) is 0 Å². The van der Waals surface area contributed by atoms with E-state index in [0.717, 1.165) is 26.1 Å². The maximum absolute atomic E-state index is 11.4. The third-order valence-corrected chi connectivity index (χ3v) is 2.15. The van der Waals surface area contributed by atoms with Gasteiger partial charge in [-0.3, -0.25) is 4.79 Å². The standard InChI is InChI=1S/C11H25N3O/c1-5-12-10(2)9-11(15)13-7-6-8-14(3)4/h10,12H,5-9H2,1-4H3,(H,13,15). The van der Waals surface area contributed by atoms with Gasteiger partial charge >= 0.3 is 0 Å². The molecule has 0 rings (SSSR count). The Morgan fingerprint density at radius 2 is 2.07 bits per heavy atom. The summed E-state index contributed by atoms with van der Waals surface area (Å²) in [4.78, 5) is 13.5. The molecule has 4 heteroatoms. The summed E-state index contributed by atoms with van der Waals surface area (Å²) in [6, 6.07) is 0.267. The molecule has 0 radical (unpaired) electrons. The van der Waals surface area contributed by atoms with Crippen molar-refractivity contribution in [2.75, 3.05) is 33.7 Å². The first kappa shape index (κ1) is 14.4. The van der Waals surface area contributed by atoms with Gasteiger partial charge in [-0.2, -0.15) is 0 Å². The molecular formula is C11H25N3O. The molecule has 0 spiro atoms. The summed E-state index contributed by atoms with van der Waals surface area (Å²) in [7, 11) is 4.07. The summed E-state index contributed by atoms with van der Waals surface area (Å²) in [6.07, 6.45) is 1.57. The SMILES string of the molecule is CCNC(C)CC(=O)NCCCN(C)C. The third-order valence-electron chi connectivity index (χ3n) is 2.15. The molecule has 1 amide bonds. The molecule has 0 fully saturated rings. The molecule has 4 nitrogen and oxygen atoms in total. The Kier molecular flexibility index (Phi) is 8.33. The molecule has 0 aliphatic carbocycles. The van der Waals surface area contributed by atoms with E-state index in [9.17, 15) is 4.79 Å². The lowest BCUT2D eigenvalue weighted by molar-refractivity contribution is -0.121.